The van der Waals surface area contributed by atoms with Crippen LogP contribution in [0.1, 0.15) is 32.3 Å². The number of anilines is 3. The van der Waals surface area contributed by atoms with Crippen molar-refractivity contribution in [2.75, 3.05) is 37.9 Å². The first-order valence-corrected chi connectivity index (χ1v) is 18.0. The largest absolute Gasteiger partial charge is 0.480 e. The fourth-order valence-electron chi connectivity index (χ4n) is 5.07. The highest BCUT2D eigenvalue weighted by Crippen LogP contribution is 2.36. The van der Waals surface area contributed by atoms with E-state index in [9.17, 15) is 18.5 Å². The van der Waals surface area contributed by atoms with Crippen molar-refractivity contribution in [2.24, 2.45) is 16.1 Å². The standard InChI is InChI=1S/C35H35N11O6S/c1-5-21(2)33(47)51-18-10-17-38-30-28(31(53(48,49)37-3)42-34(41-30)39-24-16-15-22-11-6-7-12-23(22)19-24)43-44-29-25(20-36)32(50-4)46(45-29)35-40-26-13-8-9-14-27(26)52-35/h6-9,11-16,19,21,37H,5,10,17-18H2,1-4H3,(H2,38,39,41,42)/b44-43-. The fourth-order valence-corrected chi connectivity index (χ4v) is 5.86. The van der Waals surface area contributed by atoms with Gasteiger partial charge in [-0.1, -0.05) is 56.3 Å². The highest BCUT2D eigenvalue weighted by molar-refractivity contribution is 7.89. The number of hydrogen-bond donors (Lipinski definition) is 3. The predicted octanol–water partition coefficient (Wildman–Crippen LogP) is 6.30. The molecule has 0 bridgehead atoms. The minimum absolute atomic E-state index is 0.00304. The van der Waals surface area contributed by atoms with E-state index in [4.69, 9.17) is 13.9 Å². The molecule has 0 spiro atoms. The number of esters is 1. The maximum atomic E-state index is 13.5. The van der Waals surface area contributed by atoms with Crippen LogP contribution in [0.2, 0.25) is 0 Å². The zero-order valence-corrected chi connectivity index (χ0v) is 30.0. The SMILES string of the molecule is CCC(C)C(=O)OCCCNc1nc(Nc2ccc3ccccc3c2)nc(S(=O)(=O)NC)c1/N=N\c1nn(-c2nc3ccccc3o2)c(OC)c1C#N. The van der Waals surface area contributed by atoms with E-state index >= 15 is 0 Å². The number of ether oxygens (including phenoxy) is 2. The van der Waals surface area contributed by atoms with Gasteiger partial charge in [-0.25, -0.2) is 13.1 Å². The van der Waals surface area contributed by atoms with Crippen LogP contribution < -0.4 is 20.1 Å². The number of azo groups is 1. The number of para-hydroxylation sites is 2. The molecule has 3 heterocycles. The average molecular weight is 738 g/mol. The van der Waals surface area contributed by atoms with Crippen molar-refractivity contribution in [3.8, 4) is 18.0 Å². The number of nitriles is 1. The first kappa shape index (κ1) is 36.3. The molecule has 1 unspecified atom stereocenters. The van der Waals surface area contributed by atoms with Crippen LogP contribution in [0.15, 0.2) is 86.4 Å². The molecule has 0 saturated heterocycles. The molecule has 0 fully saturated rings. The van der Waals surface area contributed by atoms with Gasteiger partial charge in [0.25, 0.3) is 10.0 Å². The van der Waals surface area contributed by atoms with E-state index in [2.05, 4.69) is 45.6 Å². The number of fused-ring (bicyclic) bond motifs is 2. The van der Waals surface area contributed by atoms with Gasteiger partial charge in [-0.3, -0.25) is 4.79 Å². The summed E-state index contributed by atoms with van der Waals surface area (Å²) in [5, 5.41) is 30.5. The lowest BCUT2D eigenvalue weighted by atomic mass is 10.1. The molecule has 272 valence electrons. The normalized spacial score (nSPS) is 12.2. The third-order valence-electron chi connectivity index (χ3n) is 8.09. The number of hydrogen-bond acceptors (Lipinski definition) is 15. The molecule has 3 aromatic carbocycles. The van der Waals surface area contributed by atoms with E-state index in [1.807, 2.05) is 55.5 Å². The lowest BCUT2D eigenvalue weighted by Crippen LogP contribution is -2.22. The number of methoxy groups -OCH3 is 1. The lowest BCUT2D eigenvalue weighted by Gasteiger charge is -2.15. The van der Waals surface area contributed by atoms with Crippen molar-refractivity contribution in [3.63, 3.8) is 0 Å². The maximum absolute atomic E-state index is 13.5. The van der Waals surface area contributed by atoms with Gasteiger partial charge in [0, 0.05) is 12.2 Å². The third kappa shape index (κ3) is 7.90. The first-order valence-electron chi connectivity index (χ1n) is 16.5. The quantitative estimate of drug-likeness (QED) is 0.0456. The summed E-state index contributed by atoms with van der Waals surface area (Å²) < 4.78 is 47.1. The Labute approximate surface area is 304 Å². The van der Waals surface area contributed by atoms with Crippen LogP contribution in [0.5, 0.6) is 5.88 Å². The molecule has 6 aromatic rings. The predicted molar refractivity (Wildman–Crippen MR) is 196 cm³/mol. The molecule has 6 rings (SSSR count). The molecule has 0 aliphatic heterocycles. The Morgan fingerprint density at radius 2 is 1.83 bits per heavy atom. The Morgan fingerprint density at radius 3 is 2.57 bits per heavy atom. The number of rotatable bonds is 15. The highest BCUT2D eigenvalue weighted by Gasteiger charge is 2.27. The second-order valence-electron chi connectivity index (χ2n) is 11.6. The summed E-state index contributed by atoms with van der Waals surface area (Å²) >= 11 is 0. The topological polar surface area (TPSA) is 224 Å². The summed E-state index contributed by atoms with van der Waals surface area (Å²) in [5.41, 5.74) is 1.22. The van der Waals surface area contributed by atoms with Crippen molar-refractivity contribution >= 4 is 66.8 Å². The lowest BCUT2D eigenvalue weighted by molar-refractivity contribution is -0.148. The first-order chi connectivity index (χ1) is 25.6. The number of nitrogens with zero attached hydrogens (tertiary/aromatic N) is 8. The number of aromatic nitrogens is 5. The fraction of sp³-hybridized carbons (Fsp3) is 0.257. The Morgan fingerprint density at radius 1 is 1.06 bits per heavy atom. The summed E-state index contributed by atoms with van der Waals surface area (Å²) in [7, 11) is -1.72. The van der Waals surface area contributed by atoms with Crippen LogP contribution in [-0.2, 0) is 19.6 Å². The molecule has 0 amide bonds. The van der Waals surface area contributed by atoms with Crippen LogP contribution in [-0.4, -0.2) is 66.4 Å². The molecule has 0 saturated carbocycles. The number of nitrogens with one attached hydrogen (secondary N) is 3. The van der Waals surface area contributed by atoms with Crippen LogP contribution in [0.3, 0.4) is 0 Å². The second kappa shape index (κ2) is 15.8. The molecule has 53 heavy (non-hydrogen) atoms. The van der Waals surface area contributed by atoms with Crippen molar-refractivity contribution in [3.05, 3.63) is 72.3 Å². The van der Waals surface area contributed by atoms with Crippen molar-refractivity contribution < 1.29 is 27.1 Å². The minimum atomic E-state index is -4.29. The molecule has 18 heteroatoms. The zero-order chi connectivity index (χ0) is 37.5. The van der Waals surface area contributed by atoms with E-state index in [-0.39, 0.29) is 65.8 Å². The monoisotopic (exact) mass is 737 g/mol. The van der Waals surface area contributed by atoms with Crippen LogP contribution in [0, 0.1) is 17.2 Å². The van der Waals surface area contributed by atoms with E-state index in [1.54, 1.807) is 31.2 Å². The van der Waals surface area contributed by atoms with E-state index < -0.39 is 15.0 Å². The Kier molecular flexibility index (Phi) is 10.9. The summed E-state index contributed by atoms with van der Waals surface area (Å²) in [6, 6.07) is 22.4. The number of carbonyl (C=O) groups is 1. The molecule has 0 aliphatic carbocycles. The number of sulfonamides is 1. The smallest absolute Gasteiger partial charge is 0.327 e. The number of benzene rings is 3. The molecule has 1 atom stereocenters. The summed E-state index contributed by atoms with van der Waals surface area (Å²) in [5.74, 6) is -0.878. The molecule has 3 aromatic heterocycles. The van der Waals surface area contributed by atoms with Crippen molar-refractivity contribution in [2.45, 2.75) is 31.7 Å². The summed E-state index contributed by atoms with van der Waals surface area (Å²) in [4.78, 5) is 25.5. The van der Waals surface area contributed by atoms with Crippen LogP contribution in [0.25, 0.3) is 27.9 Å². The molecule has 0 aliphatic rings. The highest BCUT2D eigenvalue weighted by atomic mass is 32.2. The van der Waals surface area contributed by atoms with Gasteiger partial charge < -0.3 is 24.5 Å². The van der Waals surface area contributed by atoms with Gasteiger partial charge in [0.05, 0.1) is 19.6 Å². The number of carbonyl (C=O) groups excluding carboxylic acids is 1. The van der Waals surface area contributed by atoms with E-state index in [0.717, 1.165) is 15.5 Å². The van der Waals surface area contributed by atoms with Gasteiger partial charge in [0.15, 0.2) is 22.7 Å². The van der Waals surface area contributed by atoms with Gasteiger partial charge in [-0.15, -0.1) is 20.0 Å². The summed E-state index contributed by atoms with van der Waals surface area (Å²) in [6.45, 7) is 4.00. The molecule has 17 nitrogen and oxygen atoms in total. The third-order valence-corrected chi connectivity index (χ3v) is 9.42. The number of oxazole rings is 1. The molecule has 0 radical (unpaired) electrons. The van der Waals surface area contributed by atoms with Gasteiger partial charge in [0.1, 0.15) is 11.6 Å². The summed E-state index contributed by atoms with van der Waals surface area (Å²) in [6.07, 6.45) is 1.00. The maximum Gasteiger partial charge on any atom is 0.327 e. The molecular weight excluding hydrogens is 703 g/mol. The van der Waals surface area contributed by atoms with Crippen LogP contribution >= 0.6 is 0 Å². The van der Waals surface area contributed by atoms with E-state index in [1.165, 1.54) is 14.2 Å². The van der Waals surface area contributed by atoms with E-state index in [0.29, 0.717) is 29.6 Å². The van der Waals surface area contributed by atoms with Gasteiger partial charge in [0.2, 0.25) is 22.7 Å². The molecule has 3 N–H and O–H groups in total. The van der Waals surface area contributed by atoms with Crippen molar-refractivity contribution in [1.82, 2.24) is 29.5 Å². The Balaban J connectivity index is 1.40. The van der Waals surface area contributed by atoms with Crippen LogP contribution in [0.4, 0.5) is 29.0 Å². The van der Waals surface area contributed by atoms with Gasteiger partial charge in [-0.2, -0.15) is 20.2 Å². The van der Waals surface area contributed by atoms with Gasteiger partial charge >= 0.3 is 12.0 Å². The Bertz CT molecular complexity index is 2440. The van der Waals surface area contributed by atoms with Crippen molar-refractivity contribution in [1.29, 1.82) is 5.26 Å². The minimum Gasteiger partial charge on any atom is -0.480 e. The Hall–Kier alpha value is -6.45. The second-order valence-corrected chi connectivity index (χ2v) is 13.4. The average Bonchev–Trinajstić information content (AvgIpc) is 3.77. The molecular formula is C35H35N11O6S. The van der Waals surface area contributed by atoms with Gasteiger partial charge in [-0.05, 0) is 54.9 Å². The zero-order valence-electron chi connectivity index (χ0n) is 29.2.